The van der Waals surface area contributed by atoms with Crippen molar-refractivity contribution in [3.05, 3.63) is 39.9 Å². The first-order valence-electron chi connectivity index (χ1n) is 4.82. The van der Waals surface area contributed by atoms with Crippen LogP contribution >= 0.6 is 27.7 Å². The van der Waals surface area contributed by atoms with E-state index in [2.05, 4.69) is 15.9 Å². The molecule has 0 saturated heterocycles. The van der Waals surface area contributed by atoms with Crippen LogP contribution in [0, 0.1) is 0 Å². The first-order chi connectivity index (χ1) is 7.63. The molecule has 0 unspecified atom stereocenters. The van der Waals surface area contributed by atoms with E-state index in [4.69, 9.17) is 5.11 Å². The van der Waals surface area contributed by atoms with Gasteiger partial charge in [0.1, 0.15) is 0 Å². The Balaban J connectivity index is 2.63. The van der Waals surface area contributed by atoms with Crippen molar-refractivity contribution in [3.63, 3.8) is 0 Å². The molecule has 0 aliphatic rings. The molecular weight excluding hydrogens is 288 g/mol. The SMILES string of the molecule is CC(=O)SCC=Cc1ccc(Br)c(CO)c1. The van der Waals surface area contributed by atoms with E-state index in [9.17, 15) is 4.79 Å². The third-order valence-corrected chi connectivity index (χ3v) is 3.47. The van der Waals surface area contributed by atoms with Gasteiger partial charge in [0.2, 0.25) is 0 Å². The molecule has 0 amide bonds. The first-order valence-corrected chi connectivity index (χ1v) is 6.60. The van der Waals surface area contributed by atoms with Gasteiger partial charge in [-0.2, -0.15) is 0 Å². The summed E-state index contributed by atoms with van der Waals surface area (Å²) in [7, 11) is 0. The van der Waals surface area contributed by atoms with Crippen molar-refractivity contribution < 1.29 is 9.90 Å². The molecule has 1 aromatic carbocycles. The average Bonchev–Trinajstić information content (AvgIpc) is 2.26. The minimum atomic E-state index is 0.0183. The third-order valence-electron chi connectivity index (χ3n) is 1.93. The molecule has 0 aliphatic carbocycles. The number of hydrogen-bond donors (Lipinski definition) is 1. The number of thioether (sulfide) groups is 1. The number of hydrogen-bond acceptors (Lipinski definition) is 3. The van der Waals surface area contributed by atoms with E-state index in [1.807, 2.05) is 30.4 Å². The number of aliphatic hydroxyl groups is 1. The molecule has 0 fully saturated rings. The highest BCUT2D eigenvalue weighted by molar-refractivity contribution is 9.10. The van der Waals surface area contributed by atoms with Crippen molar-refractivity contribution in [2.24, 2.45) is 0 Å². The molecule has 1 N–H and O–H groups in total. The summed E-state index contributed by atoms with van der Waals surface area (Å²) >= 11 is 4.64. The van der Waals surface area contributed by atoms with Crippen LogP contribution in [0.4, 0.5) is 0 Å². The fourth-order valence-corrected chi connectivity index (χ4v) is 1.97. The molecule has 16 heavy (non-hydrogen) atoms. The van der Waals surface area contributed by atoms with Crippen LogP contribution in [-0.2, 0) is 11.4 Å². The smallest absolute Gasteiger partial charge is 0.186 e. The van der Waals surface area contributed by atoms with Crippen LogP contribution < -0.4 is 0 Å². The highest BCUT2D eigenvalue weighted by Crippen LogP contribution is 2.19. The van der Waals surface area contributed by atoms with Crippen LogP contribution in [0.5, 0.6) is 0 Å². The van der Waals surface area contributed by atoms with Gasteiger partial charge in [0, 0.05) is 17.1 Å². The Bertz CT molecular complexity index is 402. The summed E-state index contributed by atoms with van der Waals surface area (Å²) in [6.45, 7) is 1.58. The zero-order valence-electron chi connectivity index (χ0n) is 8.94. The van der Waals surface area contributed by atoms with Gasteiger partial charge in [-0.05, 0) is 23.3 Å². The fraction of sp³-hybridized carbons (Fsp3) is 0.250. The van der Waals surface area contributed by atoms with Gasteiger partial charge in [-0.15, -0.1) is 0 Å². The van der Waals surface area contributed by atoms with Gasteiger partial charge in [0.05, 0.1) is 6.61 Å². The Hall–Kier alpha value is -0.580. The van der Waals surface area contributed by atoms with E-state index in [0.29, 0.717) is 5.75 Å². The second-order valence-electron chi connectivity index (χ2n) is 3.21. The molecule has 0 aliphatic heterocycles. The predicted molar refractivity (Wildman–Crippen MR) is 72.2 cm³/mol. The number of halogens is 1. The van der Waals surface area contributed by atoms with Gasteiger partial charge < -0.3 is 5.11 Å². The lowest BCUT2D eigenvalue weighted by molar-refractivity contribution is -0.109. The van der Waals surface area contributed by atoms with Crippen LogP contribution in [0.1, 0.15) is 18.1 Å². The molecule has 0 atom stereocenters. The molecule has 0 spiro atoms. The average molecular weight is 301 g/mol. The third kappa shape index (κ3) is 4.51. The van der Waals surface area contributed by atoms with E-state index in [0.717, 1.165) is 15.6 Å². The van der Waals surface area contributed by atoms with Gasteiger partial charge in [0.15, 0.2) is 5.12 Å². The van der Waals surface area contributed by atoms with E-state index < -0.39 is 0 Å². The summed E-state index contributed by atoms with van der Waals surface area (Å²) in [6, 6.07) is 5.78. The largest absolute Gasteiger partial charge is 0.392 e. The van der Waals surface area contributed by atoms with Crippen LogP contribution in [0.3, 0.4) is 0 Å². The van der Waals surface area contributed by atoms with E-state index in [1.165, 1.54) is 11.8 Å². The number of rotatable bonds is 4. The molecule has 0 bridgehead atoms. The van der Waals surface area contributed by atoms with E-state index in [-0.39, 0.29) is 11.7 Å². The quantitative estimate of drug-likeness (QED) is 0.927. The Morgan fingerprint density at radius 1 is 1.56 bits per heavy atom. The molecule has 0 saturated carbocycles. The predicted octanol–water partition coefficient (Wildman–Crippen LogP) is 3.23. The van der Waals surface area contributed by atoms with Gasteiger partial charge in [-0.1, -0.05) is 45.9 Å². The van der Waals surface area contributed by atoms with Gasteiger partial charge in [-0.25, -0.2) is 0 Å². The minimum absolute atomic E-state index is 0.0183. The lowest BCUT2D eigenvalue weighted by atomic mass is 10.1. The lowest BCUT2D eigenvalue weighted by Crippen LogP contribution is -1.86. The summed E-state index contributed by atoms with van der Waals surface area (Å²) in [5.74, 6) is 0.680. The minimum Gasteiger partial charge on any atom is -0.392 e. The second kappa shape index (κ2) is 6.89. The maximum absolute atomic E-state index is 10.7. The molecule has 86 valence electrons. The maximum Gasteiger partial charge on any atom is 0.186 e. The Kier molecular flexibility index (Phi) is 5.80. The maximum atomic E-state index is 10.7. The summed E-state index contributed by atoms with van der Waals surface area (Å²) in [4.78, 5) is 10.7. The zero-order chi connectivity index (χ0) is 12.0. The monoisotopic (exact) mass is 300 g/mol. The van der Waals surface area contributed by atoms with Crippen molar-refractivity contribution in [1.82, 2.24) is 0 Å². The molecular formula is C12H13BrO2S. The number of carbonyl (C=O) groups excluding carboxylic acids is 1. The Labute approximate surface area is 108 Å². The second-order valence-corrected chi connectivity index (χ2v) is 5.27. The van der Waals surface area contributed by atoms with Crippen LogP contribution in [0.25, 0.3) is 6.08 Å². The Morgan fingerprint density at radius 2 is 2.31 bits per heavy atom. The van der Waals surface area contributed by atoms with Crippen molar-refractivity contribution in [2.75, 3.05) is 5.75 Å². The number of aliphatic hydroxyl groups excluding tert-OH is 1. The normalized spacial score (nSPS) is 10.9. The molecule has 2 nitrogen and oxygen atoms in total. The van der Waals surface area contributed by atoms with Crippen LogP contribution in [-0.4, -0.2) is 16.0 Å². The van der Waals surface area contributed by atoms with Crippen molar-refractivity contribution >= 4 is 38.9 Å². The van der Waals surface area contributed by atoms with E-state index in [1.54, 1.807) is 6.92 Å². The molecule has 1 aromatic rings. The lowest BCUT2D eigenvalue weighted by Gasteiger charge is -2.01. The molecule has 4 heteroatoms. The van der Waals surface area contributed by atoms with Crippen molar-refractivity contribution in [3.8, 4) is 0 Å². The summed E-state index contributed by atoms with van der Waals surface area (Å²) in [5.41, 5.74) is 1.89. The number of carbonyl (C=O) groups is 1. The van der Waals surface area contributed by atoms with E-state index >= 15 is 0 Å². The summed E-state index contributed by atoms with van der Waals surface area (Å²) in [5, 5.41) is 9.21. The van der Waals surface area contributed by atoms with Crippen LogP contribution in [0.15, 0.2) is 28.7 Å². The first kappa shape index (κ1) is 13.5. The van der Waals surface area contributed by atoms with Crippen molar-refractivity contribution in [1.29, 1.82) is 0 Å². The van der Waals surface area contributed by atoms with Crippen molar-refractivity contribution in [2.45, 2.75) is 13.5 Å². The van der Waals surface area contributed by atoms with Gasteiger partial charge >= 0.3 is 0 Å². The number of benzene rings is 1. The van der Waals surface area contributed by atoms with Gasteiger partial charge in [0.25, 0.3) is 0 Å². The van der Waals surface area contributed by atoms with Gasteiger partial charge in [-0.3, -0.25) is 4.79 Å². The summed E-state index contributed by atoms with van der Waals surface area (Å²) in [6.07, 6.45) is 3.89. The highest BCUT2D eigenvalue weighted by atomic mass is 79.9. The molecule has 0 radical (unpaired) electrons. The topological polar surface area (TPSA) is 37.3 Å². The molecule has 0 aromatic heterocycles. The fourth-order valence-electron chi connectivity index (χ4n) is 1.17. The molecule has 0 heterocycles. The zero-order valence-corrected chi connectivity index (χ0v) is 11.3. The standard InChI is InChI=1S/C12H13BrO2S/c1-9(15)16-6-2-3-10-4-5-12(13)11(7-10)8-14/h2-5,7,14H,6,8H2,1H3. The Morgan fingerprint density at radius 3 is 2.94 bits per heavy atom. The summed E-state index contributed by atoms with van der Waals surface area (Å²) < 4.78 is 0.908. The van der Waals surface area contributed by atoms with Crippen LogP contribution in [0.2, 0.25) is 0 Å². The molecule has 1 rings (SSSR count). The highest BCUT2D eigenvalue weighted by Gasteiger charge is 1.98.